The van der Waals surface area contributed by atoms with Gasteiger partial charge >= 0.3 is 36.1 Å². The van der Waals surface area contributed by atoms with Gasteiger partial charge in [-0.3, -0.25) is 0 Å². The molecule has 15 nitrogen and oxygen atoms in total. The normalized spacial score (nSPS) is 12.2. The van der Waals surface area contributed by atoms with E-state index >= 15 is 0 Å². The maximum Gasteiger partial charge on any atom is 0.455 e. The number of carbonyl (C=O) groups is 5. The second-order valence-electron chi connectivity index (χ2n) is 23.5. The molecule has 497 valence electrons. The van der Waals surface area contributed by atoms with Gasteiger partial charge in [-0.2, -0.15) is 23.2 Å². The van der Waals surface area contributed by atoms with Crippen molar-refractivity contribution in [2.75, 3.05) is 23.2 Å². The summed E-state index contributed by atoms with van der Waals surface area (Å²) < 4.78 is 76.5. The zero-order chi connectivity index (χ0) is 65.9. The molecule has 6 aromatic rings. The third-order valence-electron chi connectivity index (χ3n) is 15.9. The van der Waals surface area contributed by atoms with Crippen LogP contribution in [0.2, 0.25) is 0 Å². The van der Waals surface area contributed by atoms with E-state index in [-0.39, 0.29) is 45.5 Å². The molecule has 7 rings (SSSR count). The number of anilines is 2. The van der Waals surface area contributed by atoms with E-state index < -0.39 is 41.9 Å². The molecule has 0 atom stereocenters. The number of hydrogen-bond donors (Lipinski definition) is 0. The fraction of sp³-hybridized carbons (Fsp3) is 0.440. The predicted molar refractivity (Wildman–Crippen MR) is 356 cm³/mol. The van der Waals surface area contributed by atoms with Gasteiger partial charge in [0.2, 0.25) is 0 Å². The molecule has 1 heterocycles. The molecule has 2 amide bonds. The Balaban J connectivity index is 0.795. The number of amides is 2. The number of benzene rings is 6. The smallest absolute Gasteiger partial charge is 0.455 e. The molecule has 0 aliphatic carbocycles. The Kier molecular flexibility index (Phi) is 30.6. The van der Waals surface area contributed by atoms with Crippen molar-refractivity contribution in [1.82, 2.24) is 5.43 Å². The second-order valence-corrected chi connectivity index (χ2v) is 23.5. The third-order valence-corrected chi connectivity index (χ3v) is 15.9. The molecular weight excluding hydrogens is 1190 g/mol. The Morgan fingerprint density at radius 2 is 0.570 bits per heavy atom. The molecule has 93 heavy (non-hydrogen) atoms. The number of urea groups is 1. The lowest BCUT2D eigenvalue weighted by molar-refractivity contribution is -0.0625. The molecule has 1 aliphatic heterocycles. The minimum atomic E-state index is -5.08. The number of rotatable bonds is 42. The highest BCUT2D eigenvalue weighted by atomic mass is 19.4. The molecule has 0 unspecified atom stereocenters. The number of halogens is 3. The molecule has 0 aromatic heterocycles. The van der Waals surface area contributed by atoms with Crippen LogP contribution in [0.3, 0.4) is 0 Å². The number of hydrazone groups is 1. The minimum Gasteiger partial charge on any atom is -0.494 e. The van der Waals surface area contributed by atoms with Crippen LogP contribution in [0.5, 0.6) is 34.5 Å². The van der Waals surface area contributed by atoms with E-state index in [1.54, 1.807) is 48.5 Å². The first-order chi connectivity index (χ1) is 45.3. The summed E-state index contributed by atoms with van der Waals surface area (Å²) >= 11 is 0. The molecule has 1 radical (unpaired) electrons. The monoisotopic (exact) mass is 1280 g/mol. The highest BCUT2D eigenvalue weighted by molar-refractivity contribution is 6.10. The van der Waals surface area contributed by atoms with Crippen LogP contribution in [-0.4, -0.2) is 55.1 Å². The van der Waals surface area contributed by atoms with Crippen LogP contribution >= 0.6 is 0 Å². The third kappa shape index (κ3) is 25.4. The topological polar surface area (TPSA) is 174 Å². The van der Waals surface area contributed by atoms with Crippen molar-refractivity contribution < 1.29 is 65.6 Å². The summed E-state index contributed by atoms with van der Waals surface area (Å²) in [7, 11) is 0. The lowest BCUT2D eigenvalue weighted by Gasteiger charge is -2.32. The molecule has 0 saturated carbocycles. The molecule has 18 heteroatoms. The largest absolute Gasteiger partial charge is 0.494 e. The summed E-state index contributed by atoms with van der Waals surface area (Å²) in [4.78, 5) is 65.9. The lowest BCUT2D eigenvalue weighted by Crippen LogP contribution is -2.55. The fourth-order valence-electron chi connectivity index (χ4n) is 10.5. The first-order valence-corrected chi connectivity index (χ1v) is 33.5. The van der Waals surface area contributed by atoms with Crippen LogP contribution in [0.25, 0.3) is 0 Å². The quantitative estimate of drug-likeness (QED) is 0.0203. The van der Waals surface area contributed by atoms with Gasteiger partial charge in [-0.25, -0.2) is 24.0 Å². The van der Waals surface area contributed by atoms with Crippen LogP contribution in [0.1, 0.15) is 235 Å². The number of esters is 4. The van der Waals surface area contributed by atoms with Gasteiger partial charge in [0.15, 0.2) is 0 Å². The van der Waals surface area contributed by atoms with Gasteiger partial charge in [0, 0.05) is 0 Å². The van der Waals surface area contributed by atoms with E-state index in [1.807, 2.05) is 0 Å². The van der Waals surface area contributed by atoms with E-state index in [9.17, 15) is 37.1 Å². The zero-order valence-corrected chi connectivity index (χ0v) is 54.0. The Labute approximate surface area is 546 Å². The first-order valence-electron chi connectivity index (χ1n) is 33.5. The van der Waals surface area contributed by atoms with E-state index in [1.165, 1.54) is 251 Å². The van der Waals surface area contributed by atoms with Crippen molar-refractivity contribution in [2.45, 2.75) is 200 Å². The summed E-state index contributed by atoms with van der Waals surface area (Å²) in [5.41, 5.74) is 4.07. The summed E-state index contributed by atoms with van der Waals surface area (Å²) in [6.07, 6.45) is 30.8. The number of carbonyl (C=O) groups excluding carboxylic acids is 5. The van der Waals surface area contributed by atoms with Crippen LogP contribution < -0.4 is 43.9 Å². The maximum absolute atomic E-state index is 14.2. The molecule has 0 bridgehead atoms. The van der Waals surface area contributed by atoms with Crippen LogP contribution in [0.4, 0.5) is 29.3 Å². The minimum absolute atomic E-state index is 0.00493. The highest BCUT2D eigenvalue weighted by Gasteiger charge is 2.45. The lowest BCUT2D eigenvalue weighted by atomic mass is 10.0. The van der Waals surface area contributed by atoms with Crippen molar-refractivity contribution in [1.29, 1.82) is 0 Å². The van der Waals surface area contributed by atoms with Crippen molar-refractivity contribution in [3.05, 3.63) is 168 Å². The maximum atomic E-state index is 14.2. The van der Waals surface area contributed by atoms with Gasteiger partial charge in [0.05, 0.1) is 46.8 Å². The van der Waals surface area contributed by atoms with Gasteiger partial charge in [-0.15, -0.1) is 10.5 Å². The Hall–Kier alpha value is -8.67. The number of nitrogens with zero attached hydrogens (tertiary/aromatic N) is 4. The van der Waals surface area contributed by atoms with Crippen molar-refractivity contribution in [3.63, 3.8) is 0 Å². The molecule has 0 fully saturated rings. The van der Waals surface area contributed by atoms with E-state index in [0.29, 0.717) is 45.9 Å². The SMILES string of the molecule is CCCCCCCCCCCCCCCCOc1ccc(C(=O)Oc2ccc(C(=O)Oc3ccc(N4[N]C(C(F)(F)F)=NN(c5ccc(OC(=O)c6ccc(OC(=O)c7ccc(OCCCCCCCCCCCCCCCC)cc7)cc6)cc5)C4=O)cc3)cc2)cc1. The second kappa shape index (κ2) is 39.7. The number of unbranched alkanes of at least 4 members (excludes halogenated alkanes) is 26. The Morgan fingerprint density at radius 3 is 0.839 bits per heavy atom. The van der Waals surface area contributed by atoms with Crippen molar-refractivity contribution in [2.24, 2.45) is 5.10 Å². The average molecular weight is 1280 g/mol. The standard InChI is InChI=1S/C75H90F3N4O11/c1-3-5-7-9-11-13-15-17-19-21-23-25-27-29-55-88-63-43-31-57(32-44-63)69(83)90-65-47-35-59(36-48-65)71(85)92-67-51-39-61(40-52-67)81-74(87)82(80-73(79-81)75(76,77)78)62-41-53-68(54-42-62)93-72(86)60-37-49-66(50-38-60)91-70(84)58-33-45-64(46-34-58)89-56-30-28-26-24-22-20-18-16-14-12-10-8-6-4-2/h31-54H,3-30,55-56H2,1-2H3. The number of hydrogen-bond acceptors (Lipinski definition) is 12. The van der Waals surface area contributed by atoms with E-state index in [0.717, 1.165) is 25.7 Å². The van der Waals surface area contributed by atoms with Crippen LogP contribution in [-0.2, 0) is 0 Å². The summed E-state index contributed by atoms with van der Waals surface area (Å²) in [6.45, 7) is 5.69. The summed E-state index contributed by atoms with van der Waals surface area (Å²) in [5, 5.41) is 4.47. The Bertz CT molecular complexity index is 3230. The molecule has 0 saturated heterocycles. The van der Waals surface area contributed by atoms with Gasteiger partial charge < -0.3 is 28.4 Å². The molecule has 0 N–H and O–H groups in total. The zero-order valence-electron chi connectivity index (χ0n) is 54.0. The molecule has 6 aromatic carbocycles. The van der Waals surface area contributed by atoms with Gasteiger partial charge in [-0.1, -0.05) is 181 Å². The Morgan fingerprint density at radius 1 is 0.333 bits per heavy atom. The highest BCUT2D eigenvalue weighted by Crippen LogP contribution is 2.31. The van der Waals surface area contributed by atoms with Crippen LogP contribution in [0, 0.1) is 0 Å². The van der Waals surface area contributed by atoms with Gasteiger partial charge in [0.25, 0.3) is 5.84 Å². The fourth-order valence-corrected chi connectivity index (χ4v) is 10.5. The summed E-state index contributed by atoms with van der Waals surface area (Å²) in [6, 6.07) is 33.7. The van der Waals surface area contributed by atoms with Crippen molar-refractivity contribution >= 4 is 47.1 Å². The van der Waals surface area contributed by atoms with E-state index in [4.69, 9.17) is 28.4 Å². The molecular formula is C75H90F3N4O11. The van der Waals surface area contributed by atoms with E-state index in [2.05, 4.69) is 24.4 Å². The first kappa shape index (κ1) is 71.8. The van der Waals surface area contributed by atoms with Crippen molar-refractivity contribution in [3.8, 4) is 34.5 Å². The summed E-state index contributed by atoms with van der Waals surface area (Å²) in [5.74, 6) is -2.77. The van der Waals surface area contributed by atoms with Gasteiger partial charge in [0.1, 0.15) is 34.5 Å². The predicted octanol–water partition coefficient (Wildman–Crippen LogP) is 20.1. The van der Waals surface area contributed by atoms with Crippen LogP contribution in [0.15, 0.2) is 151 Å². The number of amidine groups is 1. The number of ether oxygens (including phenoxy) is 6. The number of alkyl halides is 3. The van der Waals surface area contributed by atoms with Gasteiger partial charge in [-0.05, 0) is 158 Å². The average Bonchev–Trinajstić information content (AvgIpc) is 0.824. The molecule has 0 spiro atoms. The molecule has 1 aliphatic rings.